The topological polar surface area (TPSA) is 83.1 Å². The molecule has 2 aromatic carbocycles. The number of ether oxygens (including phenoxy) is 4. The molecule has 0 spiro atoms. The normalized spacial score (nSPS) is 13.1. The maximum Gasteiger partial charge on any atom is 0.344 e. The summed E-state index contributed by atoms with van der Waals surface area (Å²) >= 11 is 0. The molecule has 1 amide bonds. The number of fused-ring (bicyclic) bond motifs is 1. The Morgan fingerprint density at radius 1 is 1.07 bits per heavy atom. The zero-order valence-electron chi connectivity index (χ0n) is 16.8. The van der Waals surface area contributed by atoms with E-state index in [0.29, 0.717) is 17.2 Å². The SMILES string of the molecule is CC(C)c1ccccc1OCC(=O)O[C@H](C)C(=O)NCc1ccc2c(c1)OCO2. The summed E-state index contributed by atoms with van der Waals surface area (Å²) in [5, 5.41) is 2.74. The smallest absolute Gasteiger partial charge is 0.344 e. The lowest BCUT2D eigenvalue weighted by Crippen LogP contribution is -2.36. The van der Waals surface area contributed by atoms with Gasteiger partial charge < -0.3 is 24.3 Å². The van der Waals surface area contributed by atoms with Gasteiger partial charge in [0.2, 0.25) is 6.79 Å². The van der Waals surface area contributed by atoms with Crippen LogP contribution in [-0.2, 0) is 20.9 Å². The molecule has 154 valence electrons. The predicted octanol–water partition coefficient (Wildman–Crippen LogP) is 3.17. The van der Waals surface area contributed by atoms with Crippen LogP contribution in [0.3, 0.4) is 0 Å². The van der Waals surface area contributed by atoms with Crippen molar-refractivity contribution in [1.82, 2.24) is 5.32 Å². The largest absolute Gasteiger partial charge is 0.482 e. The lowest BCUT2D eigenvalue weighted by atomic mass is 10.0. The molecule has 0 unspecified atom stereocenters. The summed E-state index contributed by atoms with van der Waals surface area (Å²) in [6.07, 6.45) is -0.930. The molecule has 7 nitrogen and oxygen atoms in total. The first-order valence-electron chi connectivity index (χ1n) is 9.51. The average molecular weight is 399 g/mol. The van der Waals surface area contributed by atoms with Crippen molar-refractivity contribution in [2.75, 3.05) is 13.4 Å². The lowest BCUT2D eigenvalue weighted by molar-refractivity contribution is -0.156. The molecule has 1 aliphatic heterocycles. The molecule has 7 heteroatoms. The number of nitrogens with one attached hydrogen (secondary N) is 1. The van der Waals surface area contributed by atoms with Gasteiger partial charge in [-0.15, -0.1) is 0 Å². The van der Waals surface area contributed by atoms with E-state index in [0.717, 1.165) is 11.1 Å². The van der Waals surface area contributed by atoms with Gasteiger partial charge in [-0.05, 0) is 42.2 Å². The summed E-state index contributed by atoms with van der Waals surface area (Å²) < 4.78 is 21.3. The van der Waals surface area contributed by atoms with Crippen molar-refractivity contribution in [3.63, 3.8) is 0 Å². The third kappa shape index (κ3) is 5.40. The first kappa shape index (κ1) is 20.5. The van der Waals surface area contributed by atoms with Gasteiger partial charge >= 0.3 is 5.97 Å². The van der Waals surface area contributed by atoms with E-state index < -0.39 is 18.0 Å². The molecular weight excluding hydrogens is 374 g/mol. The van der Waals surface area contributed by atoms with Gasteiger partial charge in [-0.3, -0.25) is 4.79 Å². The number of hydrogen-bond donors (Lipinski definition) is 1. The van der Waals surface area contributed by atoms with E-state index in [2.05, 4.69) is 5.32 Å². The minimum atomic E-state index is -0.930. The van der Waals surface area contributed by atoms with Crippen LogP contribution in [0.5, 0.6) is 17.2 Å². The highest BCUT2D eigenvalue weighted by molar-refractivity contribution is 5.83. The standard InChI is InChI=1S/C22H25NO6/c1-14(2)17-6-4-5-7-18(17)26-12-21(24)29-15(3)22(25)23-11-16-8-9-19-20(10-16)28-13-27-19/h4-10,14-15H,11-13H2,1-3H3,(H,23,25)/t15-/m1/s1. The van der Waals surface area contributed by atoms with Crippen molar-refractivity contribution in [3.05, 3.63) is 53.6 Å². The predicted molar refractivity (Wildman–Crippen MR) is 106 cm³/mol. The molecule has 0 radical (unpaired) electrons. The number of amides is 1. The highest BCUT2D eigenvalue weighted by Crippen LogP contribution is 2.32. The molecule has 0 saturated heterocycles. The molecule has 3 rings (SSSR count). The molecule has 1 aliphatic rings. The van der Waals surface area contributed by atoms with Gasteiger partial charge in [-0.25, -0.2) is 4.79 Å². The van der Waals surface area contributed by atoms with Crippen molar-refractivity contribution < 1.29 is 28.5 Å². The maximum absolute atomic E-state index is 12.2. The van der Waals surface area contributed by atoms with E-state index in [1.165, 1.54) is 6.92 Å². The minimum absolute atomic E-state index is 0.196. The minimum Gasteiger partial charge on any atom is -0.482 e. The average Bonchev–Trinajstić information content (AvgIpc) is 3.18. The second kappa shape index (κ2) is 9.32. The van der Waals surface area contributed by atoms with Gasteiger partial charge in [-0.2, -0.15) is 0 Å². The van der Waals surface area contributed by atoms with E-state index in [1.54, 1.807) is 12.1 Å². The Bertz CT molecular complexity index is 879. The van der Waals surface area contributed by atoms with Gasteiger partial charge in [0, 0.05) is 6.54 Å². The monoisotopic (exact) mass is 399 g/mol. The fourth-order valence-corrected chi connectivity index (χ4v) is 2.89. The summed E-state index contributed by atoms with van der Waals surface area (Å²) in [5.41, 5.74) is 1.87. The number of rotatable bonds is 8. The van der Waals surface area contributed by atoms with Crippen molar-refractivity contribution in [1.29, 1.82) is 0 Å². The molecule has 1 N–H and O–H groups in total. The lowest BCUT2D eigenvalue weighted by Gasteiger charge is -2.16. The van der Waals surface area contributed by atoms with Crippen LogP contribution in [0.25, 0.3) is 0 Å². The third-order valence-electron chi connectivity index (χ3n) is 4.47. The number of esters is 1. The van der Waals surface area contributed by atoms with Crippen LogP contribution in [0.4, 0.5) is 0 Å². The van der Waals surface area contributed by atoms with Crippen molar-refractivity contribution in [2.45, 2.75) is 39.3 Å². The summed E-state index contributed by atoms with van der Waals surface area (Å²) in [7, 11) is 0. The van der Waals surface area contributed by atoms with Crippen LogP contribution in [-0.4, -0.2) is 31.4 Å². The molecular formula is C22H25NO6. The van der Waals surface area contributed by atoms with Crippen LogP contribution in [0, 0.1) is 0 Å². The Labute approximate surface area is 169 Å². The zero-order valence-corrected chi connectivity index (χ0v) is 16.8. The summed E-state index contributed by atoms with van der Waals surface area (Å²) in [6, 6.07) is 13.0. The summed E-state index contributed by atoms with van der Waals surface area (Å²) in [6.45, 7) is 5.84. The Balaban J connectivity index is 1.45. The Morgan fingerprint density at radius 2 is 1.83 bits per heavy atom. The van der Waals surface area contributed by atoms with Crippen LogP contribution in [0.1, 0.15) is 37.8 Å². The van der Waals surface area contributed by atoms with Crippen LogP contribution in [0.2, 0.25) is 0 Å². The van der Waals surface area contributed by atoms with Crippen LogP contribution < -0.4 is 19.5 Å². The van der Waals surface area contributed by atoms with Crippen molar-refractivity contribution in [2.24, 2.45) is 0 Å². The molecule has 2 aromatic rings. The number of hydrogen-bond acceptors (Lipinski definition) is 6. The second-order valence-corrected chi connectivity index (χ2v) is 7.02. The third-order valence-corrected chi connectivity index (χ3v) is 4.47. The molecule has 0 bridgehead atoms. The number of carbonyl (C=O) groups is 2. The number of benzene rings is 2. The highest BCUT2D eigenvalue weighted by atomic mass is 16.7. The van der Waals surface area contributed by atoms with Gasteiger partial charge in [0.25, 0.3) is 5.91 Å². The van der Waals surface area contributed by atoms with E-state index in [1.807, 2.05) is 44.2 Å². The van der Waals surface area contributed by atoms with Crippen LogP contribution in [0.15, 0.2) is 42.5 Å². The summed E-state index contributed by atoms with van der Waals surface area (Å²) in [4.78, 5) is 24.3. The molecule has 0 aromatic heterocycles. The maximum atomic E-state index is 12.2. The molecule has 0 saturated carbocycles. The second-order valence-electron chi connectivity index (χ2n) is 7.02. The van der Waals surface area contributed by atoms with Gasteiger partial charge in [0.15, 0.2) is 24.2 Å². The molecule has 1 heterocycles. The van der Waals surface area contributed by atoms with Gasteiger partial charge in [0.05, 0.1) is 0 Å². The number of para-hydroxylation sites is 1. The Hall–Kier alpha value is -3.22. The van der Waals surface area contributed by atoms with E-state index in [4.69, 9.17) is 18.9 Å². The zero-order chi connectivity index (χ0) is 20.8. The van der Waals surface area contributed by atoms with E-state index in [-0.39, 0.29) is 25.9 Å². The fraction of sp³-hybridized carbons (Fsp3) is 0.364. The fourth-order valence-electron chi connectivity index (χ4n) is 2.89. The first-order valence-corrected chi connectivity index (χ1v) is 9.51. The molecule has 1 atom stereocenters. The van der Waals surface area contributed by atoms with E-state index in [9.17, 15) is 9.59 Å². The molecule has 0 fully saturated rings. The van der Waals surface area contributed by atoms with Gasteiger partial charge in [0.1, 0.15) is 5.75 Å². The first-order chi connectivity index (χ1) is 13.9. The number of carbonyl (C=O) groups excluding carboxylic acids is 2. The summed E-state index contributed by atoms with van der Waals surface area (Å²) in [5.74, 6) is 1.24. The Kier molecular flexibility index (Phi) is 6.59. The Morgan fingerprint density at radius 3 is 2.62 bits per heavy atom. The quantitative estimate of drug-likeness (QED) is 0.687. The van der Waals surface area contributed by atoms with Crippen molar-refractivity contribution in [3.8, 4) is 17.2 Å². The molecule has 0 aliphatic carbocycles. The van der Waals surface area contributed by atoms with Crippen molar-refractivity contribution >= 4 is 11.9 Å². The molecule has 29 heavy (non-hydrogen) atoms. The van der Waals surface area contributed by atoms with Crippen LogP contribution >= 0.6 is 0 Å². The van der Waals surface area contributed by atoms with E-state index >= 15 is 0 Å². The van der Waals surface area contributed by atoms with Gasteiger partial charge in [-0.1, -0.05) is 38.1 Å². The highest BCUT2D eigenvalue weighted by Gasteiger charge is 2.19.